The van der Waals surface area contributed by atoms with Gasteiger partial charge in [-0.05, 0) is 79.9 Å². The third-order valence-corrected chi connectivity index (χ3v) is 6.81. The van der Waals surface area contributed by atoms with E-state index < -0.39 is 48.9 Å². The molecule has 6 nitrogen and oxygen atoms in total. The lowest BCUT2D eigenvalue weighted by Crippen LogP contribution is -2.61. The van der Waals surface area contributed by atoms with Gasteiger partial charge in [-0.3, -0.25) is 4.79 Å². The second-order valence-corrected chi connectivity index (χ2v) is 8.68. The van der Waals surface area contributed by atoms with Gasteiger partial charge in [0.15, 0.2) is 6.61 Å². The summed E-state index contributed by atoms with van der Waals surface area (Å²) in [7, 11) is 0. The zero-order valence-corrected chi connectivity index (χ0v) is 19.9. The number of carboxylic acid groups (broad SMARTS) is 1. The van der Waals surface area contributed by atoms with Crippen LogP contribution in [0.5, 0.6) is 0 Å². The summed E-state index contributed by atoms with van der Waals surface area (Å²) < 4.78 is 87.7. The van der Waals surface area contributed by atoms with Crippen molar-refractivity contribution in [1.29, 1.82) is 0 Å². The van der Waals surface area contributed by atoms with E-state index in [-0.39, 0.29) is 5.56 Å². The summed E-state index contributed by atoms with van der Waals surface area (Å²) in [5.41, 5.74) is -5.36. The van der Waals surface area contributed by atoms with Crippen molar-refractivity contribution in [3.8, 4) is 0 Å². The van der Waals surface area contributed by atoms with E-state index in [0.29, 0.717) is 10.7 Å². The molecule has 0 heterocycles. The van der Waals surface area contributed by atoms with Gasteiger partial charge in [-0.2, -0.15) is 26.3 Å². The normalized spacial score (nSPS) is 12.4. The second-order valence-electron chi connectivity index (χ2n) is 5.19. The minimum atomic E-state index is -6.29. The molecule has 0 aliphatic rings. The number of hydrogen-bond acceptors (Lipinski definition) is 5. The Hall–Kier alpha value is -0.600. The molecule has 0 radical (unpaired) electrons. The highest BCUT2D eigenvalue weighted by Crippen LogP contribution is 2.48. The standard InChI is InChI=1S/C14H7F6I3O6/c15-13(16,17)12(3-8(24)25,14(18,19)20)29-9(26)4-28-11(27)6-1-5(21)2-7(22)10(6)23/h1-2H,3-4H2,(H,24,25). The molecule has 0 saturated carbocycles. The Morgan fingerprint density at radius 3 is 1.93 bits per heavy atom. The molecule has 29 heavy (non-hydrogen) atoms. The van der Waals surface area contributed by atoms with Crippen LogP contribution in [0.1, 0.15) is 16.8 Å². The van der Waals surface area contributed by atoms with Crippen LogP contribution in [0.3, 0.4) is 0 Å². The molecule has 1 rings (SSSR count). The second kappa shape index (κ2) is 9.69. The van der Waals surface area contributed by atoms with Crippen LogP contribution in [-0.4, -0.2) is 47.6 Å². The molecule has 0 atom stereocenters. The monoisotopic (exact) mass is 766 g/mol. The molecule has 0 amide bonds. The summed E-state index contributed by atoms with van der Waals surface area (Å²) in [5, 5.41) is 8.46. The molecule has 1 aromatic rings. The molecule has 0 spiro atoms. The summed E-state index contributed by atoms with van der Waals surface area (Å²) in [5.74, 6) is -5.91. The number of rotatable bonds is 6. The van der Waals surface area contributed by atoms with Gasteiger partial charge in [-0.25, -0.2) is 9.59 Å². The zero-order valence-electron chi connectivity index (χ0n) is 13.5. The van der Waals surface area contributed by atoms with E-state index in [1.165, 1.54) is 6.07 Å². The number of carbonyl (C=O) groups excluding carboxylic acids is 2. The maximum atomic E-state index is 13.0. The predicted octanol–water partition coefficient (Wildman–Crippen LogP) is 4.54. The molecule has 0 fully saturated rings. The van der Waals surface area contributed by atoms with Crippen LogP contribution >= 0.6 is 67.8 Å². The Kier molecular flexibility index (Phi) is 8.83. The maximum Gasteiger partial charge on any atom is 0.438 e. The van der Waals surface area contributed by atoms with Crippen molar-refractivity contribution < 1.29 is 55.3 Å². The Morgan fingerprint density at radius 1 is 0.966 bits per heavy atom. The molecular formula is C14H7F6I3O6. The van der Waals surface area contributed by atoms with E-state index in [1.807, 2.05) is 45.2 Å². The number of esters is 2. The molecule has 0 aliphatic carbocycles. The number of aliphatic carboxylic acids is 1. The number of benzene rings is 1. The minimum Gasteiger partial charge on any atom is -0.481 e. The summed E-state index contributed by atoms with van der Waals surface area (Å²) in [6, 6.07) is 3.01. The molecule has 1 N–H and O–H groups in total. The van der Waals surface area contributed by atoms with Crippen molar-refractivity contribution in [2.24, 2.45) is 0 Å². The van der Waals surface area contributed by atoms with Gasteiger partial charge >= 0.3 is 35.9 Å². The molecule has 0 aromatic heterocycles. The van der Waals surface area contributed by atoms with Gasteiger partial charge in [0.1, 0.15) is 6.42 Å². The third kappa shape index (κ3) is 6.44. The first-order valence-corrected chi connectivity index (χ1v) is 10.1. The number of hydrogen-bond donors (Lipinski definition) is 1. The molecule has 162 valence electrons. The molecule has 1 aromatic carbocycles. The Bertz CT molecular complexity index is 809. The molecular weight excluding hydrogens is 759 g/mol. The van der Waals surface area contributed by atoms with E-state index >= 15 is 0 Å². The first kappa shape index (κ1) is 26.4. The van der Waals surface area contributed by atoms with Crippen LogP contribution in [0, 0.1) is 10.7 Å². The number of ether oxygens (including phenoxy) is 2. The largest absolute Gasteiger partial charge is 0.481 e. The fraction of sp³-hybridized carbons (Fsp3) is 0.357. The molecule has 15 heteroatoms. The maximum absolute atomic E-state index is 13.0. The average molecular weight is 766 g/mol. The lowest BCUT2D eigenvalue weighted by atomic mass is 9.97. The van der Waals surface area contributed by atoms with Gasteiger partial charge in [0, 0.05) is 10.7 Å². The Labute approximate surface area is 199 Å². The highest BCUT2D eigenvalue weighted by molar-refractivity contribution is 14.1. The van der Waals surface area contributed by atoms with Crippen LogP contribution < -0.4 is 0 Å². The van der Waals surface area contributed by atoms with Gasteiger partial charge in [0.2, 0.25) is 0 Å². The van der Waals surface area contributed by atoms with Crippen LogP contribution in [0.15, 0.2) is 12.1 Å². The van der Waals surface area contributed by atoms with Crippen molar-refractivity contribution in [1.82, 2.24) is 0 Å². The topological polar surface area (TPSA) is 89.9 Å². The summed E-state index contributed by atoms with van der Waals surface area (Å²) in [4.78, 5) is 34.2. The van der Waals surface area contributed by atoms with Gasteiger partial charge in [0.05, 0.1) is 5.56 Å². The minimum absolute atomic E-state index is 0.0712. The lowest BCUT2D eigenvalue weighted by Gasteiger charge is -2.35. The van der Waals surface area contributed by atoms with Crippen molar-refractivity contribution in [3.05, 3.63) is 28.4 Å². The van der Waals surface area contributed by atoms with E-state index in [2.05, 4.69) is 9.47 Å². The van der Waals surface area contributed by atoms with E-state index in [0.717, 1.165) is 0 Å². The predicted molar refractivity (Wildman–Crippen MR) is 108 cm³/mol. The highest BCUT2D eigenvalue weighted by atomic mass is 127. The Morgan fingerprint density at radius 2 is 1.48 bits per heavy atom. The van der Waals surface area contributed by atoms with Gasteiger partial charge in [0.25, 0.3) is 0 Å². The van der Waals surface area contributed by atoms with E-state index in [1.54, 1.807) is 28.7 Å². The number of carboxylic acids is 1. The third-order valence-electron chi connectivity index (χ3n) is 3.14. The number of halogens is 9. The van der Waals surface area contributed by atoms with Crippen molar-refractivity contribution in [3.63, 3.8) is 0 Å². The smallest absolute Gasteiger partial charge is 0.438 e. The van der Waals surface area contributed by atoms with Crippen molar-refractivity contribution >= 4 is 85.7 Å². The first-order valence-electron chi connectivity index (χ1n) is 6.90. The quantitative estimate of drug-likeness (QED) is 0.198. The van der Waals surface area contributed by atoms with Crippen molar-refractivity contribution in [2.45, 2.75) is 24.4 Å². The zero-order chi connectivity index (χ0) is 22.8. The Balaban J connectivity index is 3.06. The molecule has 0 aliphatic heterocycles. The summed E-state index contributed by atoms with van der Waals surface area (Å²) >= 11 is 5.50. The van der Waals surface area contributed by atoms with Gasteiger partial charge in [-0.1, -0.05) is 0 Å². The summed E-state index contributed by atoms with van der Waals surface area (Å²) in [6.45, 7) is -1.59. The van der Waals surface area contributed by atoms with Crippen LogP contribution in [-0.2, 0) is 19.1 Å². The summed E-state index contributed by atoms with van der Waals surface area (Å²) in [6.07, 6.45) is -15.2. The van der Waals surface area contributed by atoms with Crippen LogP contribution in [0.25, 0.3) is 0 Å². The van der Waals surface area contributed by atoms with Crippen LogP contribution in [0.2, 0.25) is 0 Å². The molecule has 0 unspecified atom stereocenters. The number of alkyl halides is 6. The van der Waals surface area contributed by atoms with E-state index in [9.17, 15) is 40.7 Å². The SMILES string of the molecule is O=C(O)CC(OC(=O)COC(=O)c1cc(I)cc(I)c1I)(C(F)(F)F)C(F)(F)F. The average Bonchev–Trinajstić information content (AvgIpc) is 2.52. The lowest BCUT2D eigenvalue weighted by molar-refractivity contribution is -0.370. The van der Waals surface area contributed by atoms with Crippen molar-refractivity contribution in [2.75, 3.05) is 6.61 Å². The number of carbonyl (C=O) groups is 3. The van der Waals surface area contributed by atoms with Gasteiger partial charge < -0.3 is 14.6 Å². The molecule has 0 bridgehead atoms. The highest BCUT2D eigenvalue weighted by Gasteiger charge is 2.75. The fourth-order valence-corrected chi connectivity index (χ4v) is 4.23. The molecule has 0 saturated heterocycles. The van der Waals surface area contributed by atoms with Gasteiger partial charge in [-0.15, -0.1) is 0 Å². The van der Waals surface area contributed by atoms with E-state index in [4.69, 9.17) is 5.11 Å². The first-order chi connectivity index (χ1) is 13.0. The van der Waals surface area contributed by atoms with Crippen LogP contribution in [0.4, 0.5) is 26.3 Å². The fourth-order valence-electron chi connectivity index (χ4n) is 1.86.